The molecule has 0 atom stereocenters. The zero-order chi connectivity index (χ0) is 24.8. The Morgan fingerprint density at radius 1 is 1.24 bits per heavy atom. The van der Waals surface area contributed by atoms with Crippen LogP contribution in [0, 0.1) is 5.82 Å². The van der Waals surface area contributed by atoms with Gasteiger partial charge in [0.15, 0.2) is 0 Å². The van der Waals surface area contributed by atoms with E-state index in [0.717, 1.165) is 18.2 Å². The number of benzene rings is 1. The van der Waals surface area contributed by atoms with Gasteiger partial charge in [-0.3, -0.25) is 14.3 Å². The molecule has 3 heterocycles. The van der Waals surface area contributed by atoms with Crippen molar-refractivity contribution in [2.75, 3.05) is 5.32 Å². The number of fused-ring (bicyclic) bond motifs is 1. The monoisotopic (exact) mass is 555 g/mol. The Labute approximate surface area is 201 Å². The van der Waals surface area contributed by atoms with Crippen molar-refractivity contribution in [2.45, 2.75) is 19.6 Å². The van der Waals surface area contributed by atoms with Gasteiger partial charge in [-0.15, -0.1) is 11.3 Å². The maximum absolute atomic E-state index is 13.6. The summed E-state index contributed by atoms with van der Waals surface area (Å²) in [6, 6.07) is 5.55. The third-order valence-electron chi connectivity index (χ3n) is 4.88. The molecule has 1 aromatic carbocycles. The standard InChI is InChI=1S/C21H14BrF4N5O2S/c1-2-31-16(12(22)8-28-31)19(33)30-15-14-11(9-3-5-10(23)6-4-9)7-13(21(24,25)26)29-20(14)34-17(15)18(27)32/h3-8H,2H2,1H3,(H2,27,32)(H,30,33). The molecule has 0 spiro atoms. The molecule has 7 nitrogen and oxygen atoms in total. The molecule has 0 unspecified atom stereocenters. The van der Waals surface area contributed by atoms with E-state index >= 15 is 0 Å². The average molecular weight is 556 g/mol. The molecule has 2 amide bonds. The zero-order valence-electron chi connectivity index (χ0n) is 17.2. The largest absolute Gasteiger partial charge is 0.433 e. The van der Waals surface area contributed by atoms with E-state index in [2.05, 4.69) is 31.3 Å². The number of carbonyl (C=O) groups excluding carboxylic acids is 2. The summed E-state index contributed by atoms with van der Waals surface area (Å²) in [6.45, 7) is 2.12. The highest BCUT2D eigenvalue weighted by atomic mass is 79.9. The first-order valence-corrected chi connectivity index (χ1v) is 11.2. The number of nitrogens with one attached hydrogen (secondary N) is 1. The Kier molecular flexibility index (Phi) is 6.16. The summed E-state index contributed by atoms with van der Waals surface area (Å²) in [5.74, 6) is -2.21. The Bertz CT molecular complexity index is 1430. The van der Waals surface area contributed by atoms with E-state index in [-0.39, 0.29) is 37.6 Å². The molecule has 0 radical (unpaired) electrons. The van der Waals surface area contributed by atoms with Gasteiger partial charge in [-0.05, 0) is 52.2 Å². The van der Waals surface area contributed by atoms with Crippen LogP contribution in [0.5, 0.6) is 0 Å². The maximum Gasteiger partial charge on any atom is 0.433 e. The van der Waals surface area contributed by atoms with Crippen LogP contribution in [0.4, 0.5) is 23.2 Å². The van der Waals surface area contributed by atoms with Crippen molar-refractivity contribution in [1.29, 1.82) is 0 Å². The predicted molar refractivity (Wildman–Crippen MR) is 122 cm³/mol. The molecule has 3 aromatic heterocycles. The number of hydrogen-bond donors (Lipinski definition) is 2. The van der Waals surface area contributed by atoms with Gasteiger partial charge < -0.3 is 11.1 Å². The van der Waals surface area contributed by atoms with E-state index in [0.29, 0.717) is 22.4 Å². The van der Waals surface area contributed by atoms with Gasteiger partial charge in [0.2, 0.25) is 0 Å². The van der Waals surface area contributed by atoms with E-state index in [9.17, 15) is 27.2 Å². The van der Waals surface area contributed by atoms with E-state index < -0.39 is 29.5 Å². The summed E-state index contributed by atoms with van der Waals surface area (Å²) in [5, 5.41) is 6.74. The number of primary amides is 1. The van der Waals surface area contributed by atoms with Gasteiger partial charge in [0.25, 0.3) is 11.8 Å². The van der Waals surface area contributed by atoms with Crippen LogP contribution in [0.1, 0.15) is 32.8 Å². The van der Waals surface area contributed by atoms with Crippen molar-refractivity contribution in [2.24, 2.45) is 5.73 Å². The van der Waals surface area contributed by atoms with Crippen molar-refractivity contribution in [3.8, 4) is 11.1 Å². The number of alkyl halides is 3. The van der Waals surface area contributed by atoms with E-state index in [1.54, 1.807) is 6.92 Å². The second-order valence-electron chi connectivity index (χ2n) is 7.02. The highest BCUT2D eigenvalue weighted by Gasteiger charge is 2.35. The molecule has 3 N–H and O–H groups in total. The van der Waals surface area contributed by atoms with Gasteiger partial charge in [0.05, 0.1) is 16.4 Å². The minimum absolute atomic E-state index is 0.000519. The molecule has 0 saturated carbocycles. The summed E-state index contributed by atoms with van der Waals surface area (Å²) in [5.41, 5.74) is 4.55. The van der Waals surface area contributed by atoms with Crippen LogP contribution in [0.3, 0.4) is 0 Å². The van der Waals surface area contributed by atoms with Crippen LogP contribution in [-0.4, -0.2) is 26.6 Å². The molecule has 0 saturated heterocycles. The molecule has 0 aliphatic rings. The van der Waals surface area contributed by atoms with Crippen molar-refractivity contribution >= 4 is 55.0 Å². The van der Waals surface area contributed by atoms with Crippen LogP contribution >= 0.6 is 27.3 Å². The molecule has 0 aliphatic carbocycles. The maximum atomic E-state index is 13.6. The number of thiophene rings is 1. The fraction of sp³-hybridized carbons (Fsp3) is 0.143. The lowest BCUT2D eigenvalue weighted by Gasteiger charge is -2.13. The normalized spacial score (nSPS) is 11.7. The fourth-order valence-corrected chi connectivity index (χ4v) is 4.88. The number of amides is 2. The number of rotatable bonds is 5. The van der Waals surface area contributed by atoms with Gasteiger partial charge in [-0.25, -0.2) is 9.37 Å². The number of halogens is 5. The summed E-state index contributed by atoms with van der Waals surface area (Å²) in [7, 11) is 0. The SMILES string of the molecule is CCn1ncc(Br)c1C(=O)Nc1c(C(N)=O)sc2nc(C(F)(F)F)cc(-c3ccc(F)cc3)c12. The van der Waals surface area contributed by atoms with Crippen LogP contribution in [0.2, 0.25) is 0 Å². The second kappa shape index (κ2) is 8.80. The molecule has 0 bridgehead atoms. The molecule has 4 rings (SSSR count). The number of nitrogens with two attached hydrogens (primary N) is 1. The molecular formula is C21H14BrF4N5O2S. The first-order valence-electron chi connectivity index (χ1n) is 9.64. The van der Waals surface area contributed by atoms with Crippen molar-refractivity contribution in [3.63, 3.8) is 0 Å². The van der Waals surface area contributed by atoms with Crippen molar-refractivity contribution < 1.29 is 27.2 Å². The number of hydrogen-bond acceptors (Lipinski definition) is 5. The molecule has 0 fully saturated rings. The molecule has 13 heteroatoms. The zero-order valence-corrected chi connectivity index (χ0v) is 19.6. The van der Waals surface area contributed by atoms with Crippen molar-refractivity contribution in [1.82, 2.24) is 14.8 Å². The second-order valence-corrected chi connectivity index (χ2v) is 8.87. The lowest BCUT2D eigenvalue weighted by Crippen LogP contribution is -2.20. The van der Waals surface area contributed by atoms with Gasteiger partial charge in [0, 0.05) is 11.9 Å². The van der Waals surface area contributed by atoms with Gasteiger partial charge in [-0.1, -0.05) is 12.1 Å². The van der Waals surface area contributed by atoms with E-state index in [1.165, 1.54) is 23.0 Å². The topological polar surface area (TPSA) is 103 Å². The van der Waals surface area contributed by atoms with Crippen LogP contribution < -0.4 is 11.1 Å². The Morgan fingerprint density at radius 2 is 1.91 bits per heavy atom. The fourth-order valence-electron chi connectivity index (χ4n) is 3.39. The number of pyridine rings is 1. The predicted octanol–water partition coefficient (Wildman–Crippen LogP) is 5.45. The quantitative estimate of drug-likeness (QED) is 0.319. The first kappa shape index (κ1) is 23.8. The lowest BCUT2D eigenvalue weighted by molar-refractivity contribution is -0.140. The Morgan fingerprint density at radius 3 is 2.50 bits per heavy atom. The third kappa shape index (κ3) is 4.28. The van der Waals surface area contributed by atoms with E-state index in [1.807, 2.05) is 0 Å². The highest BCUT2D eigenvalue weighted by Crippen LogP contribution is 2.43. The number of anilines is 1. The number of carbonyl (C=O) groups is 2. The molecule has 34 heavy (non-hydrogen) atoms. The van der Waals surface area contributed by atoms with Crippen molar-refractivity contribution in [3.05, 3.63) is 63.1 Å². The summed E-state index contributed by atoms with van der Waals surface area (Å²) < 4.78 is 56.0. The van der Waals surface area contributed by atoms with Crippen LogP contribution in [-0.2, 0) is 12.7 Å². The third-order valence-corrected chi connectivity index (χ3v) is 6.56. The summed E-state index contributed by atoms with van der Waals surface area (Å²) >= 11 is 3.86. The van der Waals surface area contributed by atoms with Crippen LogP contribution in [0.25, 0.3) is 21.3 Å². The Hall–Kier alpha value is -3.32. The lowest BCUT2D eigenvalue weighted by atomic mass is 10.0. The van der Waals surface area contributed by atoms with Crippen LogP contribution in [0.15, 0.2) is 41.0 Å². The number of aryl methyl sites for hydroxylation is 1. The minimum atomic E-state index is -4.79. The van der Waals surface area contributed by atoms with E-state index in [4.69, 9.17) is 5.73 Å². The number of aromatic nitrogens is 3. The molecule has 4 aromatic rings. The minimum Gasteiger partial charge on any atom is -0.365 e. The van der Waals surface area contributed by atoms with Gasteiger partial charge in [-0.2, -0.15) is 18.3 Å². The summed E-state index contributed by atoms with van der Waals surface area (Å²) in [6.07, 6.45) is -3.37. The summed E-state index contributed by atoms with van der Waals surface area (Å²) in [4.78, 5) is 28.6. The molecular weight excluding hydrogens is 542 g/mol. The average Bonchev–Trinajstić information content (AvgIpc) is 3.33. The first-order chi connectivity index (χ1) is 16.0. The molecule has 176 valence electrons. The molecule has 0 aliphatic heterocycles. The van der Waals surface area contributed by atoms with Gasteiger partial charge >= 0.3 is 6.18 Å². The Balaban J connectivity index is 1.99. The highest BCUT2D eigenvalue weighted by molar-refractivity contribution is 9.10. The smallest absolute Gasteiger partial charge is 0.365 e. The van der Waals surface area contributed by atoms with Gasteiger partial charge in [0.1, 0.15) is 26.9 Å². The number of nitrogens with zero attached hydrogens (tertiary/aromatic N) is 3.